The SMILES string of the molecule is O=C(O)CC(NC(=O)c1cccn2c(NCc3ccccc3)c(-c3ccc(F)cc3)nc12)C1CCCCC1. The standard InChI is InChI=1S/C30H31FN4O3/c31-23-15-13-22(14-16-23)27-29(32-19-20-8-3-1-4-9-20)35-17-7-12-24(28(35)34-27)30(38)33-25(18-26(36)37)21-10-5-2-6-11-21/h1,3-4,7-9,12-17,21,25,32H,2,5-6,10-11,18-19H2,(H,33,38)(H,36,37). The number of nitrogens with one attached hydrogen (secondary N) is 2. The monoisotopic (exact) mass is 514 g/mol. The summed E-state index contributed by atoms with van der Waals surface area (Å²) in [7, 11) is 0. The Labute approximate surface area is 220 Å². The van der Waals surface area contributed by atoms with Crippen molar-refractivity contribution < 1.29 is 19.1 Å². The van der Waals surface area contributed by atoms with Crippen LogP contribution in [0.5, 0.6) is 0 Å². The van der Waals surface area contributed by atoms with Crippen LogP contribution in [0, 0.1) is 11.7 Å². The van der Waals surface area contributed by atoms with E-state index >= 15 is 0 Å². The smallest absolute Gasteiger partial charge is 0.305 e. The van der Waals surface area contributed by atoms with Gasteiger partial charge in [0.1, 0.15) is 17.3 Å². The number of nitrogens with zero attached hydrogens (tertiary/aromatic N) is 2. The molecule has 1 aliphatic rings. The average molecular weight is 515 g/mol. The fourth-order valence-electron chi connectivity index (χ4n) is 5.31. The van der Waals surface area contributed by atoms with E-state index in [0.29, 0.717) is 34.8 Å². The second kappa shape index (κ2) is 11.5. The number of hydrogen-bond acceptors (Lipinski definition) is 4. The van der Waals surface area contributed by atoms with Crippen molar-refractivity contribution in [1.82, 2.24) is 14.7 Å². The van der Waals surface area contributed by atoms with Crippen LogP contribution in [0.25, 0.3) is 16.9 Å². The zero-order valence-electron chi connectivity index (χ0n) is 21.1. The van der Waals surface area contributed by atoms with Gasteiger partial charge in [0.05, 0.1) is 12.0 Å². The molecule has 2 heterocycles. The predicted molar refractivity (Wildman–Crippen MR) is 144 cm³/mol. The quantitative estimate of drug-likeness (QED) is 0.258. The molecule has 2 aromatic carbocycles. The molecule has 0 saturated heterocycles. The highest BCUT2D eigenvalue weighted by atomic mass is 19.1. The molecular formula is C30H31FN4O3. The zero-order chi connectivity index (χ0) is 26.5. The third-order valence-corrected chi connectivity index (χ3v) is 7.24. The van der Waals surface area contributed by atoms with E-state index < -0.39 is 12.0 Å². The first-order chi connectivity index (χ1) is 18.5. The molecule has 1 fully saturated rings. The molecule has 0 aliphatic heterocycles. The minimum atomic E-state index is -0.925. The normalized spacial score (nSPS) is 14.8. The highest BCUT2D eigenvalue weighted by Gasteiger charge is 2.28. The van der Waals surface area contributed by atoms with Crippen molar-refractivity contribution in [3.05, 3.63) is 89.9 Å². The number of fused-ring (bicyclic) bond motifs is 1. The number of carboxylic acid groups (broad SMARTS) is 1. The molecular weight excluding hydrogens is 483 g/mol. The molecule has 1 saturated carbocycles. The topological polar surface area (TPSA) is 95.7 Å². The van der Waals surface area contributed by atoms with Gasteiger partial charge in [-0.1, -0.05) is 49.6 Å². The van der Waals surface area contributed by atoms with E-state index in [-0.39, 0.29) is 24.1 Å². The first-order valence-electron chi connectivity index (χ1n) is 13.1. The second-order valence-electron chi connectivity index (χ2n) is 9.85. The van der Waals surface area contributed by atoms with Crippen molar-refractivity contribution in [2.45, 2.75) is 51.1 Å². The molecule has 2 aromatic heterocycles. The van der Waals surface area contributed by atoms with Crippen molar-refractivity contribution in [1.29, 1.82) is 0 Å². The molecule has 1 aliphatic carbocycles. The minimum absolute atomic E-state index is 0.112. The van der Waals surface area contributed by atoms with Crippen LogP contribution in [0.1, 0.15) is 54.4 Å². The summed E-state index contributed by atoms with van der Waals surface area (Å²) in [6.45, 7) is 0.529. The number of carbonyl (C=O) groups excluding carboxylic acids is 1. The summed E-state index contributed by atoms with van der Waals surface area (Å²) in [6, 6.07) is 19.0. The van der Waals surface area contributed by atoms with Gasteiger partial charge >= 0.3 is 5.97 Å². The van der Waals surface area contributed by atoms with E-state index in [4.69, 9.17) is 4.98 Å². The summed E-state index contributed by atoms with van der Waals surface area (Å²) in [6.07, 6.45) is 6.77. The fraction of sp³-hybridized carbons (Fsp3) is 0.300. The molecule has 0 radical (unpaired) electrons. The Morgan fingerprint density at radius 2 is 1.74 bits per heavy atom. The van der Waals surface area contributed by atoms with Crippen LogP contribution in [0.2, 0.25) is 0 Å². The molecule has 38 heavy (non-hydrogen) atoms. The lowest BCUT2D eigenvalue weighted by Gasteiger charge is -2.30. The number of anilines is 1. The van der Waals surface area contributed by atoms with E-state index in [1.165, 1.54) is 12.1 Å². The molecule has 0 spiro atoms. The van der Waals surface area contributed by atoms with Crippen LogP contribution in [-0.4, -0.2) is 32.4 Å². The van der Waals surface area contributed by atoms with E-state index in [2.05, 4.69) is 10.6 Å². The number of aliphatic carboxylic acids is 1. The Morgan fingerprint density at radius 1 is 1.00 bits per heavy atom. The summed E-state index contributed by atoms with van der Waals surface area (Å²) in [4.78, 5) is 30.0. The lowest BCUT2D eigenvalue weighted by Crippen LogP contribution is -2.42. The van der Waals surface area contributed by atoms with E-state index in [1.54, 1.807) is 24.3 Å². The molecule has 4 aromatic rings. The first-order valence-corrected chi connectivity index (χ1v) is 13.1. The lowest BCUT2D eigenvalue weighted by molar-refractivity contribution is -0.137. The number of benzene rings is 2. The largest absolute Gasteiger partial charge is 0.481 e. The van der Waals surface area contributed by atoms with Gasteiger partial charge in [0.15, 0.2) is 5.65 Å². The molecule has 0 bridgehead atoms. The third-order valence-electron chi connectivity index (χ3n) is 7.24. The first kappa shape index (κ1) is 25.4. The van der Waals surface area contributed by atoms with Crippen molar-refractivity contribution in [2.24, 2.45) is 5.92 Å². The van der Waals surface area contributed by atoms with Crippen LogP contribution >= 0.6 is 0 Å². The zero-order valence-corrected chi connectivity index (χ0v) is 21.1. The number of amides is 1. The Bertz CT molecular complexity index is 1410. The van der Waals surface area contributed by atoms with Crippen LogP contribution in [0.3, 0.4) is 0 Å². The van der Waals surface area contributed by atoms with Gasteiger partial charge in [-0.15, -0.1) is 0 Å². The number of imidazole rings is 1. The Kier molecular flexibility index (Phi) is 7.67. The van der Waals surface area contributed by atoms with E-state index in [0.717, 1.165) is 37.7 Å². The van der Waals surface area contributed by atoms with Crippen molar-refractivity contribution >= 4 is 23.3 Å². The van der Waals surface area contributed by atoms with Gasteiger partial charge in [0.25, 0.3) is 5.91 Å². The highest BCUT2D eigenvalue weighted by Crippen LogP contribution is 2.32. The lowest BCUT2D eigenvalue weighted by atomic mass is 9.82. The molecule has 3 N–H and O–H groups in total. The molecule has 5 rings (SSSR count). The molecule has 7 nitrogen and oxygen atoms in total. The summed E-state index contributed by atoms with van der Waals surface area (Å²) < 4.78 is 15.5. The minimum Gasteiger partial charge on any atom is -0.481 e. The van der Waals surface area contributed by atoms with Gasteiger partial charge in [-0.05, 0) is 60.7 Å². The average Bonchev–Trinajstić information content (AvgIpc) is 3.31. The number of aromatic nitrogens is 2. The van der Waals surface area contributed by atoms with Crippen molar-refractivity contribution in [2.75, 3.05) is 5.32 Å². The van der Waals surface area contributed by atoms with Gasteiger partial charge in [-0.2, -0.15) is 0 Å². The summed E-state index contributed by atoms with van der Waals surface area (Å²) >= 11 is 0. The molecule has 1 unspecified atom stereocenters. The summed E-state index contributed by atoms with van der Waals surface area (Å²) in [5.41, 5.74) is 3.18. The number of carbonyl (C=O) groups is 2. The van der Waals surface area contributed by atoms with Gasteiger partial charge < -0.3 is 15.7 Å². The Hall–Kier alpha value is -4.20. The highest BCUT2D eigenvalue weighted by molar-refractivity contribution is 6.01. The Balaban J connectivity index is 1.51. The molecule has 1 atom stereocenters. The van der Waals surface area contributed by atoms with Crippen LogP contribution in [-0.2, 0) is 11.3 Å². The maximum atomic E-state index is 13.7. The number of rotatable bonds is 9. The number of carboxylic acids is 1. The van der Waals surface area contributed by atoms with Gasteiger partial charge in [-0.3, -0.25) is 14.0 Å². The summed E-state index contributed by atoms with van der Waals surface area (Å²) in [5.74, 6) is -0.798. The fourth-order valence-corrected chi connectivity index (χ4v) is 5.31. The number of hydrogen-bond donors (Lipinski definition) is 3. The maximum Gasteiger partial charge on any atom is 0.305 e. The van der Waals surface area contributed by atoms with E-state index in [9.17, 15) is 19.1 Å². The summed E-state index contributed by atoms with van der Waals surface area (Å²) in [5, 5.41) is 16.0. The Morgan fingerprint density at radius 3 is 2.45 bits per heavy atom. The third kappa shape index (κ3) is 5.69. The molecule has 196 valence electrons. The molecule has 1 amide bonds. The van der Waals surface area contributed by atoms with E-state index in [1.807, 2.05) is 40.9 Å². The van der Waals surface area contributed by atoms with Crippen LogP contribution < -0.4 is 10.6 Å². The van der Waals surface area contributed by atoms with Crippen LogP contribution in [0.15, 0.2) is 72.9 Å². The molecule has 8 heteroatoms. The predicted octanol–water partition coefficient (Wildman–Crippen LogP) is 5.91. The van der Waals surface area contributed by atoms with Gasteiger partial charge in [0, 0.05) is 24.3 Å². The number of halogens is 1. The second-order valence-corrected chi connectivity index (χ2v) is 9.85. The van der Waals surface area contributed by atoms with Gasteiger partial charge in [-0.25, -0.2) is 9.37 Å². The van der Waals surface area contributed by atoms with Gasteiger partial charge in [0.2, 0.25) is 0 Å². The maximum absolute atomic E-state index is 13.7. The van der Waals surface area contributed by atoms with Crippen molar-refractivity contribution in [3.8, 4) is 11.3 Å². The van der Waals surface area contributed by atoms with Crippen LogP contribution in [0.4, 0.5) is 10.2 Å². The number of pyridine rings is 1. The van der Waals surface area contributed by atoms with Crippen molar-refractivity contribution in [3.63, 3.8) is 0 Å².